The van der Waals surface area contributed by atoms with E-state index in [1.807, 2.05) is 32.0 Å². The minimum atomic E-state index is 0.243. The summed E-state index contributed by atoms with van der Waals surface area (Å²) in [5.41, 5.74) is 9.20. The number of benzene rings is 1. The molecule has 4 nitrogen and oxygen atoms in total. The fraction of sp³-hybridized carbons (Fsp3) is 0.200. The van der Waals surface area contributed by atoms with Crippen LogP contribution in [-0.4, -0.2) is 21.6 Å². The number of hydrogen-bond acceptors (Lipinski definition) is 4. The quantitative estimate of drug-likeness (QED) is 0.847. The summed E-state index contributed by atoms with van der Waals surface area (Å²) in [6.45, 7) is 4.81. The van der Waals surface area contributed by atoms with E-state index in [0.29, 0.717) is 5.69 Å². The molecule has 1 aromatic carbocycles. The normalized spacial score (nSPS) is 10.3. The van der Waals surface area contributed by atoms with Crippen LogP contribution in [0.3, 0.4) is 0 Å². The third-order valence-corrected chi connectivity index (χ3v) is 3.32. The first-order valence-electron chi connectivity index (χ1n) is 6.36. The van der Waals surface area contributed by atoms with Crippen molar-refractivity contribution in [3.8, 4) is 5.75 Å². The second-order valence-corrected chi connectivity index (χ2v) is 4.92. The number of anilines is 2. The van der Waals surface area contributed by atoms with Gasteiger partial charge in [0, 0.05) is 30.2 Å². The van der Waals surface area contributed by atoms with Crippen LogP contribution in [0.5, 0.6) is 5.75 Å². The molecule has 2 aromatic rings. The summed E-state index contributed by atoms with van der Waals surface area (Å²) in [7, 11) is 0. The predicted octanol–water partition coefficient (Wildman–Crippen LogP) is 2.89. The van der Waals surface area contributed by atoms with Gasteiger partial charge in [-0.3, -0.25) is 4.98 Å². The second-order valence-electron chi connectivity index (χ2n) is 4.48. The highest BCUT2D eigenvalue weighted by atomic mass is 32.1. The van der Waals surface area contributed by atoms with Crippen molar-refractivity contribution in [2.75, 3.05) is 11.4 Å². The molecule has 3 N–H and O–H groups in total. The van der Waals surface area contributed by atoms with Gasteiger partial charge in [0.25, 0.3) is 0 Å². The number of nitrogens with two attached hydrogens (primary N) is 1. The SMILES string of the molecule is CCN(c1ccnc(C(N)=S)c1)c1cc(O)ccc1C. The molecule has 2 rings (SSSR count). The number of nitrogens with zero attached hydrogens (tertiary/aromatic N) is 2. The van der Waals surface area contributed by atoms with Gasteiger partial charge >= 0.3 is 0 Å². The largest absolute Gasteiger partial charge is 0.508 e. The number of phenolic OH excluding ortho intramolecular Hbond substituents is 1. The average molecular weight is 287 g/mol. The summed E-state index contributed by atoms with van der Waals surface area (Å²) in [6.07, 6.45) is 1.69. The maximum Gasteiger partial charge on any atom is 0.122 e. The number of hydrogen-bond donors (Lipinski definition) is 2. The van der Waals surface area contributed by atoms with Crippen molar-refractivity contribution in [1.82, 2.24) is 4.98 Å². The van der Waals surface area contributed by atoms with E-state index in [1.165, 1.54) is 0 Å². The van der Waals surface area contributed by atoms with E-state index in [-0.39, 0.29) is 10.7 Å². The second kappa shape index (κ2) is 5.88. The van der Waals surface area contributed by atoms with Crippen molar-refractivity contribution in [3.05, 3.63) is 47.8 Å². The average Bonchev–Trinajstić information content (AvgIpc) is 2.44. The molecule has 0 aliphatic carbocycles. The lowest BCUT2D eigenvalue weighted by atomic mass is 10.1. The van der Waals surface area contributed by atoms with Crippen LogP contribution < -0.4 is 10.6 Å². The van der Waals surface area contributed by atoms with Crippen molar-refractivity contribution in [3.63, 3.8) is 0 Å². The lowest BCUT2D eigenvalue weighted by Crippen LogP contribution is -2.19. The third kappa shape index (κ3) is 2.88. The van der Waals surface area contributed by atoms with Gasteiger partial charge < -0.3 is 15.7 Å². The molecule has 0 fully saturated rings. The lowest BCUT2D eigenvalue weighted by Gasteiger charge is -2.25. The number of phenols is 1. The van der Waals surface area contributed by atoms with Gasteiger partial charge in [0.15, 0.2) is 0 Å². The van der Waals surface area contributed by atoms with Gasteiger partial charge in [-0.1, -0.05) is 18.3 Å². The van der Waals surface area contributed by atoms with Crippen molar-refractivity contribution in [1.29, 1.82) is 0 Å². The van der Waals surface area contributed by atoms with Gasteiger partial charge in [0.1, 0.15) is 10.7 Å². The molecule has 0 aliphatic rings. The van der Waals surface area contributed by atoms with Gasteiger partial charge in [-0.05, 0) is 37.6 Å². The fourth-order valence-corrected chi connectivity index (χ4v) is 2.21. The molecule has 0 spiro atoms. The van der Waals surface area contributed by atoms with Crippen molar-refractivity contribution >= 4 is 28.6 Å². The molecule has 0 amide bonds. The Balaban J connectivity index is 2.49. The van der Waals surface area contributed by atoms with Crippen molar-refractivity contribution in [2.45, 2.75) is 13.8 Å². The molecule has 0 atom stereocenters. The molecule has 0 radical (unpaired) electrons. The maximum atomic E-state index is 9.69. The summed E-state index contributed by atoms with van der Waals surface area (Å²) < 4.78 is 0. The van der Waals surface area contributed by atoms with E-state index >= 15 is 0 Å². The van der Waals surface area contributed by atoms with Crippen LogP contribution in [0.15, 0.2) is 36.5 Å². The molecule has 0 aliphatic heterocycles. The Bertz CT molecular complexity index is 643. The Morgan fingerprint density at radius 3 is 2.75 bits per heavy atom. The molecule has 20 heavy (non-hydrogen) atoms. The zero-order valence-corrected chi connectivity index (χ0v) is 12.3. The number of aromatic nitrogens is 1. The zero-order valence-electron chi connectivity index (χ0n) is 11.5. The Morgan fingerprint density at radius 2 is 2.10 bits per heavy atom. The van der Waals surface area contributed by atoms with Crippen molar-refractivity contribution in [2.24, 2.45) is 5.73 Å². The number of rotatable bonds is 4. The van der Waals surface area contributed by atoms with Crippen molar-refractivity contribution < 1.29 is 5.11 Å². The third-order valence-electron chi connectivity index (χ3n) is 3.11. The van der Waals surface area contributed by atoms with Gasteiger partial charge in [-0.25, -0.2) is 0 Å². The predicted molar refractivity (Wildman–Crippen MR) is 85.6 cm³/mol. The Morgan fingerprint density at radius 1 is 1.35 bits per heavy atom. The van der Waals surface area contributed by atoms with Crippen LogP contribution in [0, 0.1) is 6.92 Å². The molecule has 104 valence electrons. The highest BCUT2D eigenvalue weighted by Crippen LogP contribution is 2.31. The summed E-state index contributed by atoms with van der Waals surface area (Å²) in [5, 5.41) is 9.69. The van der Waals surface area contributed by atoms with Gasteiger partial charge in [-0.15, -0.1) is 0 Å². The summed E-state index contributed by atoms with van der Waals surface area (Å²) >= 11 is 4.96. The van der Waals surface area contributed by atoms with E-state index in [2.05, 4.69) is 9.88 Å². The summed E-state index contributed by atoms with van der Waals surface area (Å²) in [4.78, 5) is 6.50. The minimum absolute atomic E-state index is 0.243. The molecule has 0 unspecified atom stereocenters. The van der Waals surface area contributed by atoms with Crippen LogP contribution in [-0.2, 0) is 0 Å². The van der Waals surface area contributed by atoms with Crippen LogP contribution >= 0.6 is 12.2 Å². The Kier molecular flexibility index (Phi) is 4.20. The topological polar surface area (TPSA) is 62.4 Å². The first-order valence-corrected chi connectivity index (χ1v) is 6.76. The van der Waals surface area contributed by atoms with Crippen LogP contribution in [0.4, 0.5) is 11.4 Å². The van der Waals surface area contributed by atoms with E-state index in [4.69, 9.17) is 18.0 Å². The molecular formula is C15H17N3OS. The van der Waals surface area contributed by atoms with Gasteiger partial charge in [0.05, 0.1) is 5.69 Å². The van der Waals surface area contributed by atoms with E-state index in [9.17, 15) is 5.11 Å². The fourth-order valence-electron chi connectivity index (χ4n) is 2.10. The van der Waals surface area contributed by atoms with Gasteiger partial charge in [0.2, 0.25) is 0 Å². The molecule has 1 aromatic heterocycles. The zero-order chi connectivity index (χ0) is 14.7. The minimum Gasteiger partial charge on any atom is -0.508 e. The molecule has 0 saturated carbocycles. The van der Waals surface area contributed by atoms with Crippen LogP contribution in [0.25, 0.3) is 0 Å². The molecule has 0 saturated heterocycles. The monoisotopic (exact) mass is 287 g/mol. The highest BCUT2D eigenvalue weighted by Gasteiger charge is 2.12. The van der Waals surface area contributed by atoms with E-state index < -0.39 is 0 Å². The Hall–Kier alpha value is -2.14. The number of thiocarbonyl (C=S) groups is 1. The standard InChI is InChI=1S/C15H17N3OS/c1-3-18(14-9-12(19)5-4-10(14)2)11-6-7-17-13(8-11)15(16)20/h4-9,19H,3H2,1-2H3,(H2,16,20). The number of aryl methyl sites for hydroxylation is 1. The number of aromatic hydroxyl groups is 1. The smallest absolute Gasteiger partial charge is 0.122 e. The molecular weight excluding hydrogens is 270 g/mol. The van der Waals surface area contributed by atoms with Crippen LogP contribution in [0.1, 0.15) is 18.2 Å². The van der Waals surface area contributed by atoms with E-state index in [0.717, 1.165) is 23.5 Å². The summed E-state index contributed by atoms with van der Waals surface area (Å²) in [5.74, 6) is 0.243. The molecule has 1 heterocycles. The summed E-state index contributed by atoms with van der Waals surface area (Å²) in [6, 6.07) is 9.08. The molecule has 0 bridgehead atoms. The first kappa shape index (κ1) is 14.3. The lowest BCUT2D eigenvalue weighted by molar-refractivity contribution is 0.475. The highest BCUT2D eigenvalue weighted by molar-refractivity contribution is 7.80. The first-order chi connectivity index (χ1) is 9.52. The Labute approximate surface area is 123 Å². The number of pyridine rings is 1. The van der Waals surface area contributed by atoms with Gasteiger partial charge in [-0.2, -0.15) is 0 Å². The van der Waals surface area contributed by atoms with E-state index in [1.54, 1.807) is 18.3 Å². The maximum absolute atomic E-state index is 9.69. The van der Waals surface area contributed by atoms with Crippen LogP contribution in [0.2, 0.25) is 0 Å². The molecule has 5 heteroatoms.